The highest BCUT2D eigenvalue weighted by atomic mass is 79.9. The highest BCUT2D eigenvalue weighted by Crippen LogP contribution is 2.30. The Morgan fingerprint density at radius 2 is 2.00 bits per heavy atom. The van der Waals surface area contributed by atoms with Gasteiger partial charge in [-0.2, -0.15) is 0 Å². The normalized spacial score (nSPS) is 10.3. The van der Waals surface area contributed by atoms with Crippen molar-refractivity contribution in [3.8, 4) is 0 Å². The molecule has 0 amide bonds. The Labute approximate surface area is 128 Å². The number of hydrogen-bond donors (Lipinski definition) is 2. The highest BCUT2D eigenvalue weighted by molar-refractivity contribution is 9.10. The molecule has 0 aliphatic rings. The van der Waals surface area contributed by atoms with Crippen LogP contribution in [0, 0.1) is 5.82 Å². The number of rotatable bonds is 3. The van der Waals surface area contributed by atoms with E-state index in [9.17, 15) is 4.39 Å². The third-order valence-electron chi connectivity index (χ3n) is 2.46. The first kappa shape index (κ1) is 14.2. The van der Waals surface area contributed by atoms with E-state index in [-0.39, 0.29) is 15.8 Å². The van der Waals surface area contributed by atoms with E-state index in [0.717, 1.165) is 4.47 Å². The summed E-state index contributed by atoms with van der Waals surface area (Å²) in [6, 6.07) is 9.62. The molecule has 2 nitrogen and oxygen atoms in total. The van der Waals surface area contributed by atoms with Crippen molar-refractivity contribution in [1.82, 2.24) is 0 Å². The molecule has 0 aliphatic carbocycles. The summed E-state index contributed by atoms with van der Waals surface area (Å²) in [5.74, 6) is -0.389. The van der Waals surface area contributed by atoms with Crippen LogP contribution in [0.25, 0.3) is 0 Å². The van der Waals surface area contributed by atoms with Gasteiger partial charge in [0.15, 0.2) is 0 Å². The Bertz CT molecular complexity index is 649. The predicted molar refractivity (Wildman–Crippen MR) is 84.7 cm³/mol. The summed E-state index contributed by atoms with van der Waals surface area (Å²) < 4.78 is 13.8. The lowest BCUT2D eigenvalue weighted by Gasteiger charge is -2.13. The molecule has 0 radical (unpaired) electrons. The lowest BCUT2D eigenvalue weighted by Crippen LogP contribution is -2.12. The molecule has 19 heavy (non-hydrogen) atoms. The second-order valence-corrected chi connectivity index (χ2v) is 5.48. The van der Waals surface area contributed by atoms with Crippen LogP contribution < -0.4 is 11.1 Å². The largest absolute Gasteiger partial charge is 0.389 e. The van der Waals surface area contributed by atoms with Crippen LogP contribution in [0.1, 0.15) is 5.56 Å². The van der Waals surface area contributed by atoms with Crippen LogP contribution in [-0.2, 0) is 0 Å². The summed E-state index contributed by atoms with van der Waals surface area (Å²) in [5.41, 5.74) is 7.66. The summed E-state index contributed by atoms with van der Waals surface area (Å²) in [6.07, 6.45) is 0. The van der Waals surface area contributed by atoms with E-state index in [1.807, 2.05) is 18.2 Å². The van der Waals surface area contributed by atoms with Crippen LogP contribution in [0.4, 0.5) is 15.8 Å². The molecule has 0 atom stereocenters. The van der Waals surface area contributed by atoms with Crippen LogP contribution >= 0.6 is 39.7 Å². The molecule has 0 fully saturated rings. The Morgan fingerprint density at radius 3 is 2.63 bits per heavy atom. The second kappa shape index (κ2) is 5.86. The van der Waals surface area contributed by atoms with Gasteiger partial charge in [0.1, 0.15) is 10.8 Å². The van der Waals surface area contributed by atoms with E-state index in [4.69, 9.17) is 29.6 Å². The third-order valence-corrected chi connectivity index (χ3v) is 3.64. The van der Waals surface area contributed by atoms with Crippen LogP contribution in [0.2, 0.25) is 5.02 Å². The van der Waals surface area contributed by atoms with Gasteiger partial charge in [-0.25, -0.2) is 4.39 Å². The van der Waals surface area contributed by atoms with Gasteiger partial charge in [0, 0.05) is 15.7 Å². The first-order chi connectivity index (χ1) is 8.99. The molecule has 2 aromatic carbocycles. The number of hydrogen-bond acceptors (Lipinski definition) is 2. The van der Waals surface area contributed by atoms with Gasteiger partial charge in [-0.3, -0.25) is 0 Å². The molecule has 2 aromatic rings. The number of anilines is 2. The average molecular weight is 360 g/mol. The Hall–Kier alpha value is -1.17. The van der Waals surface area contributed by atoms with Gasteiger partial charge in [-0.05, 0) is 46.3 Å². The topological polar surface area (TPSA) is 38.0 Å². The maximum atomic E-state index is 13.0. The maximum absolute atomic E-state index is 13.0. The number of thiocarbonyl (C=S) groups is 1. The molecular weight excluding hydrogens is 351 g/mol. The van der Waals surface area contributed by atoms with E-state index in [1.165, 1.54) is 12.1 Å². The van der Waals surface area contributed by atoms with Crippen molar-refractivity contribution in [2.75, 3.05) is 5.32 Å². The SMILES string of the molecule is NC(=S)c1c(Br)cccc1Nc1ccc(F)cc1Cl. The van der Waals surface area contributed by atoms with Crippen molar-refractivity contribution in [1.29, 1.82) is 0 Å². The molecule has 3 N–H and O–H groups in total. The summed E-state index contributed by atoms with van der Waals surface area (Å²) >= 11 is 14.4. The first-order valence-corrected chi connectivity index (χ1v) is 6.87. The minimum atomic E-state index is -0.389. The van der Waals surface area contributed by atoms with Crippen molar-refractivity contribution in [2.45, 2.75) is 0 Å². The molecule has 0 aliphatic heterocycles. The van der Waals surface area contributed by atoms with Gasteiger partial charge in [-0.15, -0.1) is 0 Å². The average Bonchev–Trinajstić information content (AvgIpc) is 2.32. The number of benzene rings is 2. The van der Waals surface area contributed by atoms with Crippen LogP contribution in [0.15, 0.2) is 40.9 Å². The van der Waals surface area contributed by atoms with Gasteiger partial charge in [0.25, 0.3) is 0 Å². The van der Waals surface area contributed by atoms with Crippen molar-refractivity contribution in [3.63, 3.8) is 0 Å². The third kappa shape index (κ3) is 3.23. The Morgan fingerprint density at radius 1 is 1.26 bits per heavy atom. The lowest BCUT2D eigenvalue weighted by molar-refractivity contribution is 0.628. The zero-order valence-electron chi connectivity index (χ0n) is 9.58. The standard InChI is InChI=1S/C13H9BrClFN2S/c14-8-2-1-3-11(12(8)13(17)19)18-10-5-4-7(16)6-9(10)15/h1-6,18H,(H2,17,19). The zero-order chi connectivity index (χ0) is 14.0. The first-order valence-electron chi connectivity index (χ1n) is 5.29. The smallest absolute Gasteiger partial charge is 0.124 e. The summed E-state index contributed by atoms with van der Waals surface area (Å²) in [7, 11) is 0. The van der Waals surface area contributed by atoms with Crippen LogP contribution in [0.5, 0.6) is 0 Å². The van der Waals surface area contributed by atoms with E-state index in [0.29, 0.717) is 16.9 Å². The lowest BCUT2D eigenvalue weighted by atomic mass is 10.1. The van der Waals surface area contributed by atoms with E-state index in [2.05, 4.69) is 21.2 Å². The Kier molecular flexibility index (Phi) is 4.39. The second-order valence-electron chi connectivity index (χ2n) is 3.78. The van der Waals surface area contributed by atoms with Gasteiger partial charge in [0.2, 0.25) is 0 Å². The highest BCUT2D eigenvalue weighted by Gasteiger charge is 2.11. The number of nitrogens with two attached hydrogens (primary N) is 1. The molecule has 0 saturated heterocycles. The quantitative estimate of drug-likeness (QED) is 0.785. The van der Waals surface area contributed by atoms with Gasteiger partial charge < -0.3 is 11.1 Å². The van der Waals surface area contributed by atoms with Crippen molar-refractivity contribution in [3.05, 3.63) is 57.3 Å². The predicted octanol–water partition coefficient (Wildman–Crippen LogP) is 4.62. The fourth-order valence-corrected chi connectivity index (χ4v) is 2.76. The van der Waals surface area contributed by atoms with Crippen LogP contribution in [0.3, 0.4) is 0 Å². The van der Waals surface area contributed by atoms with Crippen molar-refractivity contribution < 1.29 is 4.39 Å². The fourth-order valence-electron chi connectivity index (χ4n) is 1.61. The molecule has 2 rings (SSSR count). The molecule has 0 spiro atoms. The Balaban J connectivity index is 2.44. The van der Waals surface area contributed by atoms with E-state index < -0.39 is 0 Å². The molecule has 98 valence electrons. The monoisotopic (exact) mass is 358 g/mol. The fraction of sp³-hybridized carbons (Fsp3) is 0. The van der Waals surface area contributed by atoms with Gasteiger partial charge in [0.05, 0.1) is 10.7 Å². The molecule has 0 aromatic heterocycles. The number of halogens is 3. The zero-order valence-corrected chi connectivity index (χ0v) is 12.7. The van der Waals surface area contributed by atoms with E-state index >= 15 is 0 Å². The minimum Gasteiger partial charge on any atom is -0.389 e. The molecule has 6 heteroatoms. The minimum absolute atomic E-state index is 0.258. The number of nitrogens with one attached hydrogen (secondary N) is 1. The molecular formula is C13H9BrClFN2S. The van der Waals surface area contributed by atoms with Crippen molar-refractivity contribution >= 4 is 56.1 Å². The molecule has 0 heterocycles. The van der Waals surface area contributed by atoms with Gasteiger partial charge >= 0.3 is 0 Å². The summed E-state index contributed by atoms with van der Waals surface area (Å²) in [4.78, 5) is 0.258. The molecule has 0 unspecified atom stereocenters. The molecule has 0 saturated carbocycles. The van der Waals surface area contributed by atoms with E-state index in [1.54, 1.807) is 6.07 Å². The molecule has 0 bridgehead atoms. The van der Waals surface area contributed by atoms with Crippen LogP contribution in [-0.4, -0.2) is 4.99 Å². The summed E-state index contributed by atoms with van der Waals surface area (Å²) in [5, 5.41) is 3.38. The van der Waals surface area contributed by atoms with Gasteiger partial charge in [-0.1, -0.05) is 29.9 Å². The maximum Gasteiger partial charge on any atom is 0.124 e. The van der Waals surface area contributed by atoms with Crippen molar-refractivity contribution in [2.24, 2.45) is 5.73 Å². The summed E-state index contributed by atoms with van der Waals surface area (Å²) in [6.45, 7) is 0.